The lowest BCUT2D eigenvalue weighted by molar-refractivity contribution is -0.128. The van der Waals surface area contributed by atoms with E-state index in [4.69, 9.17) is 0 Å². The molecule has 0 saturated carbocycles. The van der Waals surface area contributed by atoms with E-state index in [2.05, 4.69) is 41.0 Å². The normalized spacial score (nSPS) is 17.3. The Balaban J connectivity index is 1.70. The van der Waals surface area contributed by atoms with Gasteiger partial charge in [-0.2, -0.15) is 0 Å². The van der Waals surface area contributed by atoms with E-state index in [1.807, 2.05) is 41.3 Å². The van der Waals surface area contributed by atoms with Gasteiger partial charge in [-0.1, -0.05) is 60.7 Å². The predicted molar refractivity (Wildman–Crippen MR) is 120 cm³/mol. The fourth-order valence-corrected chi connectivity index (χ4v) is 4.04. The fraction of sp³-hybridized carbons (Fsp3) is 0.280. The summed E-state index contributed by atoms with van der Waals surface area (Å²) in [4.78, 5) is 27.9. The largest absolute Gasteiger partial charge is 0.343 e. The molecule has 2 atom stereocenters. The van der Waals surface area contributed by atoms with Crippen LogP contribution < -0.4 is 15.5 Å². The number of likely N-dealkylation sites (N-methyl/N-ethyl adjacent to an activating group) is 1. The number of carbonyl (C=O) groups excluding carboxylic acids is 2. The van der Waals surface area contributed by atoms with Crippen molar-refractivity contribution in [1.29, 1.82) is 0 Å². The van der Waals surface area contributed by atoms with Crippen LogP contribution in [0.4, 0.5) is 5.69 Å². The van der Waals surface area contributed by atoms with E-state index < -0.39 is 6.04 Å². The summed E-state index contributed by atoms with van der Waals surface area (Å²) in [5.74, 6) is -0.226. The molecule has 0 radical (unpaired) electrons. The summed E-state index contributed by atoms with van der Waals surface area (Å²) < 4.78 is 0. The Morgan fingerprint density at radius 3 is 2.63 bits per heavy atom. The second-order valence-corrected chi connectivity index (χ2v) is 7.80. The number of amides is 2. The second kappa shape index (κ2) is 8.67. The molecule has 1 unspecified atom stereocenters. The van der Waals surface area contributed by atoms with Gasteiger partial charge in [0.05, 0.1) is 12.6 Å². The molecule has 2 amide bonds. The monoisotopic (exact) mass is 401 g/mol. The highest BCUT2D eigenvalue weighted by molar-refractivity contribution is 6.01. The third-order valence-electron chi connectivity index (χ3n) is 5.90. The Bertz CT molecular complexity index is 1070. The maximum absolute atomic E-state index is 13.6. The number of hydrogen-bond donors (Lipinski definition) is 2. The highest BCUT2D eigenvalue weighted by Crippen LogP contribution is 2.30. The molecule has 0 bridgehead atoms. The van der Waals surface area contributed by atoms with Crippen molar-refractivity contribution in [3.8, 4) is 0 Å². The molecule has 1 aliphatic rings. The van der Waals surface area contributed by atoms with E-state index in [1.54, 1.807) is 14.0 Å². The zero-order chi connectivity index (χ0) is 21.1. The highest BCUT2D eigenvalue weighted by atomic mass is 16.2. The standard InChI is InChI=1S/C25H27N3O2/c1-17(26-2)24(29)27-22-15-14-19-9-4-6-13-23(19)28(25(22)30)16-20-11-7-10-18-8-3-5-12-21(18)20/h3-13,17,22,26H,14-16H2,1-2H3,(H,27,29)/t17-,22?/m0/s1. The Labute approximate surface area is 177 Å². The number of aryl methyl sites for hydroxylation is 1. The van der Waals surface area contributed by atoms with Crippen molar-refractivity contribution in [1.82, 2.24) is 10.6 Å². The number of hydrogen-bond acceptors (Lipinski definition) is 3. The van der Waals surface area contributed by atoms with Crippen LogP contribution in [-0.2, 0) is 22.6 Å². The van der Waals surface area contributed by atoms with E-state index in [9.17, 15) is 9.59 Å². The Kier molecular flexibility index (Phi) is 5.81. The van der Waals surface area contributed by atoms with E-state index in [0.717, 1.165) is 34.0 Å². The smallest absolute Gasteiger partial charge is 0.249 e. The van der Waals surface area contributed by atoms with Crippen LogP contribution in [0.2, 0.25) is 0 Å². The number of carbonyl (C=O) groups is 2. The van der Waals surface area contributed by atoms with Crippen molar-refractivity contribution in [3.05, 3.63) is 77.9 Å². The van der Waals surface area contributed by atoms with Crippen molar-refractivity contribution < 1.29 is 9.59 Å². The van der Waals surface area contributed by atoms with E-state index >= 15 is 0 Å². The number of nitrogens with zero attached hydrogens (tertiary/aromatic N) is 1. The summed E-state index contributed by atoms with van der Waals surface area (Å²) in [5.41, 5.74) is 3.14. The third kappa shape index (κ3) is 3.94. The summed E-state index contributed by atoms with van der Waals surface area (Å²) in [6.45, 7) is 2.25. The van der Waals surface area contributed by atoms with Gasteiger partial charge in [0.15, 0.2) is 0 Å². The Morgan fingerprint density at radius 2 is 1.80 bits per heavy atom. The second-order valence-electron chi connectivity index (χ2n) is 7.80. The topological polar surface area (TPSA) is 61.4 Å². The average Bonchev–Trinajstić information content (AvgIpc) is 2.91. The Morgan fingerprint density at radius 1 is 1.07 bits per heavy atom. The van der Waals surface area contributed by atoms with Gasteiger partial charge in [-0.25, -0.2) is 0 Å². The highest BCUT2D eigenvalue weighted by Gasteiger charge is 2.32. The maximum Gasteiger partial charge on any atom is 0.249 e. The molecule has 3 aromatic rings. The summed E-state index contributed by atoms with van der Waals surface area (Å²) in [6.07, 6.45) is 1.33. The quantitative estimate of drug-likeness (QED) is 0.689. The minimum absolute atomic E-state index is 0.0652. The van der Waals surface area contributed by atoms with E-state index in [1.165, 1.54) is 0 Å². The summed E-state index contributed by atoms with van der Waals surface area (Å²) in [6, 6.07) is 21.5. The minimum Gasteiger partial charge on any atom is -0.343 e. The molecule has 1 heterocycles. The van der Waals surface area contributed by atoms with Gasteiger partial charge < -0.3 is 15.5 Å². The van der Waals surface area contributed by atoms with Gasteiger partial charge in [-0.05, 0) is 54.8 Å². The molecule has 3 aromatic carbocycles. The molecule has 2 N–H and O–H groups in total. The van der Waals surface area contributed by atoms with Gasteiger partial charge >= 0.3 is 0 Å². The van der Waals surface area contributed by atoms with Gasteiger partial charge in [0.25, 0.3) is 0 Å². The van der Waals surface area contributed by atoms with Crippen molar-refractivity contribution in [3.63, 3.8) is 0 Å². The lowest BCUT2D eigenvalue weighted by Gasteiger charge is -2.27. The van der Waals surface area contributed by atoms with Crippen LogP contribution in [0.3, 0.4) is 0 Å². The molecular formula is C25H27N3O2. The van der Waals surface area contributed by atoms with Crippen molar-refractivity contribution in [2.45, 2.75) is 38.4 Å². The molecule has 5 heteroatoms. The van der Waals surface area contributed by atoms with Gasteiger partial charge in [-0.15, -0.1) is 0 Å². The molecule has 4 rings (SSSR count). The molecule has 30 heavy (non-hydrogen) atoms. The van der Waals surface area contributed by atoms with Crippen molar-refractivity contribution in [2.75, 3.05) is 11.9 Å². The van der Waals surface area contributed by atoms with Crippen LogP contribution in [-0.4, -0.2) is 30.9 Å². The van der Waals surface area contributed by atoms with Gasteiger partial charge in [0.1, 0.15) is 6.04 Å². The lowest BCUT2D eigenvalue weighted by atomic mass is 10.0. The van der Waals surface area contributed by atoms with Crippen molar-refractivity contribution >= 4 is 28.3 Å². The van der Waals surface area contributed by atoms with Crippen LogP contribution in [0, 0.1) is 0 Å². The molecule has 0 fully saturated rings. The van der Waals surface area contributed by atoms with Crippen LogP contribution >= 0.6 is 0 Å². The van der Waals surface area contributed by atoms with Crippen LogP contribution in [0.5, 0.6) is 0 Å². The zero-order valence-corrected chi connectivity index (χ0v) is 17.4. The molecule has 0 aliphatic carbocycles. The zero-order valence-electron chi connectivity index (χ0n) is 17.4. The molecule has 0 aromatic heterocycles. The number of para-hydroxylation sites is 1. The number of fused-ring (bicyclic) bond motifs is 2. The van der Waals surface area contributed by atoms with Gasteiger partial charge in [-0.3, -0.25) is 9.59 Å². The maximum atomic E-state index is 13.6. The van der Waals surface area contributed by atoms with Crippen LogP contribution in [0.1, 0.15) is 24.5 Å². The first kappa shape index (κ1) is 20.1. The summed E-state index contributed by atoms with van der Waals surface area (Å²) in [5, 5.41) is 8.18. The molecule has 0 saturated heterocycles. The molecular weight excluding hydrogens is 374 g/mol. The minimum atomic E-state index is -0.546. The number of anilines is 1. The predicted octanol–water partition coefficient (Wildman–Crippen LogP) is 3.41. The van der Waals surface area contributed by atoms with Crippen LogP contribution in [0.25, 0.3) is 10.8 Å². The number of rotatable bonds is 5. The summed E-state index contributed by atoms with van der Waals surface area (Å²) >= 11 is 0. The molecule has 1 aliphatic heterocycles. The summed E-state index contributed by atoms with van der Waals surface area (Å²) in [7, 11) is 1.74. The van der Waals surface area contributed by atoms with E-state index in [-0.39, 0.29) is 17.9 Å². The molecule has 5 nitrogen and oxygen atoms in total. The number of nitrogens with one attached hydrogen (secondary N) is 2. The molecule has 0 spiro atoms. The Hall–Kier alpha value is -3.18. The first-order chi connectivity index (χ1) is 14.6. The number of benzene rings is 3. The van der Waals surface area contributed by atoms with Crippen molar-refractivity contribution in [2.24, 2.45) is 0 Å². The lowest BCUT2D eigenvalue weighted by Crippen LogP contribution is -2.52. The van der Waals surface area contributed by atoms with Gasteiger partial charge in [0, 0.05) is 5.69 Å². The first-order valence-electron chi connectivity index (χ1n) is 10.4. The SMILES string of the molecule is CN[C@@H](C)C(=O)NC1CCc2ccccc2N(Cc2cccc3ccccc23)C1=O. The third-order valence-corrected chi connectivity index (χ3v) is 5.90. The van der Waals surface area contributed by atoms with E-state index in [0.29, 0.717) is 13.0 Å². The molecule has 154 valence electrons. The van der Waals surface area contributed by atoms with Crippen LogP contribution in [0.15, 0.2) is 66.7 Å². The van der Waals surface area contributed by atoms with Gasteiger partial charge in [0.2, 0.25) is 11.8 Å². The first-order valence-corrected chi connectivity index (χ1v) is 10.4. The fourth-order valence-electron chi connectivity index (χ4n) is 4.04. The average molecular weight is 402 g/mol.